The van der Waals surface area contributed by atoms with Crippen molar-refractivity contribution in [1.82, 2.24) is 10.2 Å². The van der Waals surface area contributed by atoms with Crippen LogP contribution in [0.25, 0.3) is 0 Å². The van der Waals surface area contributed by atoms with E-state index in [1.165, 1.54) is 11.3 Å². The molecule has 6 nitrogen and oxygen atoms in total. The van der Waals surface area contributed by atoms with Crippen LogP contribution in [0.2, 0.25) is 0 Å². The lowest BCUT2D eigenvalue weighted by atomic mass is 10.0. The van der Waals surface area contributed by atoms with Crippen molar-refractivity contribution in [2.24, 2.45) is 5.92 Å². The lowest BCUT2D eigenvalue weighted by Crippen LogP contribution is -2.47. The van der Waals surface area contributed by atoms with E-state index in [4.69, 9.17) is 9.47 Å². The first-order valence-corrected chi connectivity index (χ1v) is 9.62. The molecule has 1 aliphatic carbocycles. The highest BCUT2D eigenvalue weighted by Crippen LogP contribution is 2.40. The van der Waals surface area contributed by atoms with E-state index in [1.54, 1.807) is 18.2 Å². The lowest BCUT2D eigenvalue weighted by Gasteiger charge is -2.32. The minimum absolute atomic E-state index is 0.00815. The highest BCUT2D eigenvalue weighted by Gasteiger charge is 2.47. The molecule has 1 saturated heterocycles. The van der Waals surface area contributed by atoms with Crippen LogP contribution in [-0.2, 0) is 0 Å². The number of nitrogens with one attached hydrogen (secondary N) is 1. The summed E-state index contributed by atoms with van der Waals surface area (Å²) in [5, 5.41) is 5.05. The number of nitrogens with zero attached hydrogens (tertiary/aromatic N) is 1. The fraction of sp³-hybridized carbons (Fsp3) is 0.368. The number of fused-ring (bicyclic) bond motifs is 3. The Bertz CT molecular complexity index is 866. The second-order valence-electron chi connectivity index (χ2n) is 6.97. The number of amides is 2. The summed E-state index contributed by atoms with van der Waals surface area (Å²) in [6, 6.07) is 9.38. The van der Waals surface area contributed by atoms with Crippen molar-refractivity contribution in [2.45, 2.75) is 24.9 Å². The van der Waals surface area contributed by atoms with Crippen molar-refractivity contribution >= 4 is 23.2 Å². The van der Waals surface area contributed by atoms with Gasteiger partial charge in [-0.2, -0.15) is 0 Å². The maximum atomic E-state index is 12.9. The van der Waals surface area contributed by atoms with E-state index in [1.807, 2.05) is 22.4 Å². The van der Waals surface area contributed by atoms with Gasteiger partial charge >= 0.3 is 0 Å². The topological polar surface area (TPSA) is 67.9 Å². The molecule has 2 aliphatic heterocycles. The molecule has 0 radical (unpaired) electrons. The molecule has 5 rings (SSSR count). The summed E-state index contributed by atoms with van der Waals surface area (Å²) in [5.74, 6) is 1.65. The zero-order valence-corrected chi connectivity index (χ0v) is 14.8. The van der Waals surface area contributed by atoms with Gasteiger partial charge in [-0.05, 0) is 48.4 Å². The van der Waals surface area contributed by atoms with Crippen LogP contribution >= 0.6 is 11.3 Å². The molecule has 2 fully saturated rings. The third kappa shape index (κ3) is 2.54. The average molecular weight is 370 g/mol. The summed E-state index contributed by atoms with van der Waals surface area (Å²) in [5.41, 5.74) is 0.626. The zero-order valence-electron chi connectivity index (χ0n) is 14.0. The van der Waals surface area contributed by atoms with Crippen molar-refractivity contribution < 1.29 is 19.1 Å². The van der Waals surface area contributed by atoms with Crippen molar-refractivity contribution in [1.29, 1.82) is 0 Å². The molecule has 3 atom stereocenters. The number of carbonyl (C=O) groups is 2. The van der Waals surface area contributed by atoms with Gasteiger partial charge in [0.2, 0.25) is 6.79 Å². The van der Waals surface area contributed by atoms with Crippen LogP contribution in [0.15, 0.2) is 35.7 Å². The van der Waals surface area contributed by atoms with Crippen LogP contribution in [0.3, 0.4) is 0 Å². The van der Waals surface area contributed by atoms with Gasteiger partial charge in [0.1, 0.15) is 0 Å². The molecule has 3 unspecified atom stereocenters. The first kappa shape index (κ1) is 15.7. The molecule has 2 aromatic rings. The number of hydrogen-bond donors (Lipinski definition) is 1. The first-order valence-electron chi connectivity index (χ1n) is 8.74. The monoisotopic (exact) mass is 370 g/mol. The number of hydrogen-bond acceptors (Lipinski definition) is 5. The van der Waals surface area contributed by atoms with Crippen molar-refractivity contribution in [3.8, 4) is 11.5 Å². The summed E-state index contributed by atoms with van der Waals surface area (Å²) in [6.45, 7) is 0.889. The number of benzene rings is 1. The van der Waals surface area contributed by atoms with Gasteiger partial charge in [0, 0.05) is 24.2 Å². The second-order valence-corrected chi connectivity index (χ2v) is 7.92. The van der Waals surface area contributed by atoms with E-state index < -0.39 is 0 Å². The average Bonchev–Trinajstić information content (AvgIpc) is 3.43. The molecule has 3 aliphatic rings. The fourth-order valence-electron chi connectivity index (χ4n) is 4.22. The number of piperidine rings is 1. The van der Waals surface area contributed by atoms with E-state index in [9.17, 15) is 9.59 Å². The van der Waals surface area contributed by atoms with Gasteiger partial charge in [-0.25, -0.2) is 0 Å². The molecular weight excluding hydrogens is 352 g/mol. The van der Waals surface area contributed by atoms with E-state index in [-0.39, 0.29) is 30.7 Å². The largest absolute Gasteiger partial charge is 0.454 e. The minimum atomic E-state index is -0.00815. The summed E-state index contributed by atoms with van der Waals surface area (Å²) >= 11 is 1.45. The lowest BCUT2D eigenvalue weighted by molar-refractivity contribution is 0.0679. The van der Waals surface area contributed by atoms with Crippen molar-refractivity contribution in [3.63, 3.8) is 0 Å². The number of likely N-dealkylation sites (tertiary alicyclic amines) is 1. The van der Waals surface area contributed by atoms with Gasteiger partial charge in [0.25, 0.3) is 11.8 Å². The molecule has 1 aromatic heterocycles. The normalized spacial score (nSPS) is 25.5. The van der Waals surface area contributed by atoms with E-state index in [0.717, 1.165) is 17.7 Å². The molecule has 3 heterocycles. The Labute approximate surface area is 154 Å². The Kier molecular flexibility index (Phi) is 3.63. The molecule has 1 aromatic carbocycles. The molecule has 134 valence electrons. The first-order chi connectivity index (χ1) is 12.7. The molecule has 2 bridgehead atoms. The van der Waals surface area contributed by atoms with Gasteiger partial charge in [-0.15, -0.1) is 11.3 Å². The van der Waals surface area contributed by atoms with E-state index >= 15 is 0 Å². The zero-order chi connectivity index (χ0) is 17.7. The van der Waals surface area contributed by atoms with Gasteiger partial charge in [-0.3, -0.25) is 9.59 Å². The third-order valence-electron chi connectivity index (χ3n) is 5.48. The van der Waals surface area contributed by atoms with Gasteiger partial charge in [0.05, 0.1) is 4.88 Å². The van der Waals surface area contributed by atoms with Gasteiger partial charge < -0.3 is 19.7 Å². The summed E-state index contributed by atoms with van der Waals surface area (Å²) in [7, 11) is 0. The molecule has 26 heavy (non-hydrogen) atoms. The maximum absolute atomic E-state index is 12.9. The van der Waals surface area contributed by atoms with Crippen molar-refractivity contribution in [2.75, 3.05) is 13.3 Å². The Morgan fingerprint density at radius 3 is 2.81 bits per heavy atom. The van der Waals surface area contributed by atoms with Gasteiger partial charge in [0.15, 0.2) is 11.5 Å². The minimum Gasteiger partial charge on any atom is -0.454 e. The highest BCUT2D eigenvalue weighted by molar-refractivity contribution is 7.12. The van der Waals surface area contributed by atoms with Crippen LogP contribution in [0.4, 0.5) is 0 Å². The van der Waals surface area contributed by atoms with Crippen LogP contribution in [0.1, 0.15) is 32.9 Å². The summed E-state index contributed by atoms with van der Waals surface area (Å²) in [4.78, 5) is 27.9. The molecule has 7 heteroatoms. The Hall–Kier alpha value is -2.54. The number of carbonyl (C=O) groups excluding carboxylic acids is 2. The van der Waals surface area contributed by atoms with Crippen LogP contribution in [0, 0.1) is 5.92 Å². The predicted molar refractivity (Wildman–Crippen MR) is 95.7 cm³/mol. The second kappa shape index (κ2) is 6.02. The highest BCUT2D eigenvalue weighted by atomic mass is 32.1. The number of thiophene rings is 1. The third-order valence-corrected chi connectivity index (χ3v) is 6.35. The van der Waals surface area contributed by atoms with Crippen molar-refractivity contribution in [3.05, 3.63) is 46.2 Å². The quantitative estimate of drug-likeness (QED) is 0.902. The van der Waals surface area contributed by atoms with E-state index in [2.05, 4.69) is 5.32 Å². The standard InChI is InChI=1S/C19H18N2O4S/c22-18(17-2-1-5-26-17)20-14-8-13-6-12(14)9-21(13)19(23)11-3-4-15-16(7-11)25-10-24-15/h1-5,7,12-14H,6,8-10H2,(H,20,22). The van der Waals surface area contributed by atoms with Crippen LogP contribution in [-0.4, -0.2) is 42.1 Å². The smallest absolute Gasteiger partial charge is 0.261 e. The Balaban J connectivity index is 1.25. The predicted octanol–water partition coefficient (Wildman–Crippen LogP) is 2.51. The SMILES string of the molecule is O=C(NC1CC2CC1CN2C(=O)c1ccc2c(c1)OCO2)c1cccs1. The van der Waals surface area contributed by atoms with Gasteiger partial charge in [-0.1, -0.05) is 6.07 Å². The molecule has 0 spiro atoms. The molecular formula is C19H18N2O4S. The molecule has 1 saturated carbocycles. The molecule has 2 amide bonds. The summed E-state index contributed by atoms with van der Waals surface area (Å²) < 4.78 is 10.7. The maximum Gasteiger partial charge on any atom is 0.261 e. The fourth-order valence-corrected chi connectivity index (χ4v) is 4.85. The Morgan fingerprint density at radius 1 is 1.15 bits per heavy atom. The van der Waals surface area contributed by atoms with Crippen LogP contribution < -0.4 is 14.8 Å². The summed E-state index contributed by atoms with van der Waals surface area (Å²) in [6.07, 6.45) is 1.77. The number of ether oxygens (including phenoxy) is 2. The molecule has 1 N–H and O–H groups in total. The number of rotatable bonds is 3. The van der Waals surface area contributed by atoms with Crippen LogP contribution in [0.5, 0.6) is 11.5 Å². The Morgan fingerprint density at radius 2 is 2.04 bits per heavy atom. The van der Waals surface area contributed by atoms with E-state index in [0.29, 0.717) is 29.5 Å².